The lowest BCUT2D eigenvalue weighted by molar-refractivity contribution is 0.00857. The van der Waals surface area contributed by atoms with E-state index in [0.717, 1.165) is 25.3 Å². The number of carbonyl (C=O) groups is 1. The molecule has 1 aromatic rings. The summed E-state index contributed by atoms with van der Waals surface area (Å²) in [7, 11) is -2.33. The van der Waals surface area contributed by atoms with Gasteiger partial charge in [-0.2, -0.15) is 4.31 Å². The minimum absolute atomic E-state index is 0.0730. The van der Waals surface area contributed by atoms with Gasteiger partial charge in [-0.3, -0.25) is 0 Å². The first-order valence-corrected chi connectivity index (χ1v) is 8.18. The molecule has 1 unspecified atom stereocenters. The fourth-order valence-corrected chi connectivity index (χ4v) is 3.69. The number of aromatic carboxylic acids is 1. The van der Waals surface area contributed by atoms with Crippen LogP contribution in [-0.2, 0) is 14.8 Å². The van der Waals surface area contributed by atoms with Gasteiger partial charge in [0.05, 0.1) is 6.10 Å². The molecule has 118 valence electrons. The third kappa shape index (κ3) is 3.45. The number of hydrogen-bond acceptors (Lipinski definition) is 5. The monoisotopic (exact) mass is 317 g/mol. The Morgan fingerprint density at radius 3 is 2.71 bits per heavy atom. The van der Waals surface area contributed by atoms with Crippen LogP contribution in [0.4, 0.5) is 0 Å². The van der Waals surface area contributed by atoms with Gasteiger partial charge in [-0.1, -0.05) is 0 Å². The van der Waals surface area contributed by atoms with Crippen molar-refractivity contribution >= 4 is 16.0 Å². The fourth-order valence-electron chi connectivity index (χ4n) is 2.33. The topological polar surface area (TPSA) is 97.0 Å². The smallest absolute Gasteiger partial charge is 0.371 e. The normalized spacial score (nSPS) is 19.9. The average Bonchev–Trinajstić information content (AvgIpc) is 2.83. The Morgan fingerprint density at radius 1 is 1.48 bits per heavy atom. The van der Waals surface area contributed by atoms with Crippen LogP contribution in [0.1, 0.15) is 35.6 Å². The molecule has 0 bridgehead atoms. The Bertz CT molecular complexity index is 615. The predicted molar refractivity (Wildman–Crippen MR) is 73.8 cm³/mol. The van der Waals surface area contributed by atoms with Gasteiger partial charge in [0.2, 0.25) is 15.8 Å². The molecule has 1 aromatic heterocycles. The number of carboxylic acid groups (broad SMARTS) is 1. The van der Waals surface area contributed by atoms with E-state index in [1.807, 2.05) is 0 Å². The first-order chi connectivity index (χ1) is 9.82. The number of furan rings is 1. The summed E-state index contributed by atoms with van der Waals surface area (Å²) in [6.45, 7) is 2.33. The van der Waals surface area contributed by atoms with Crippen LogP contribution in [0.25, 0.3) is 0 Å². The second-order valence-electron chi connectivity index (χ2n) is 5.11. The molecule has 0 aliphatic carbocycles. The van der Waals surface area contributed by atoms with E-state index < -0.39 is 16.0 Å². The number of rotatable bonds is 5. The van der Waals surface area contributed by atoms with E-state index in [9.17, 15) is 13.2 Å². The van der Waals surface area contributed by atoms with E-state index in [1.54, 1.807) is 0 Å². The predicted octanol–water partition coefficient (Wildman–Crippen LogP) is 1.48. The van der Waals surface area contributed by atoms with Gasteiger partial charge in [-0.05, 0) is 26.2 Å². The summed E-state index contributed by atoms with van der Waals surface area (Å²) >= 11 is 0. The molecule has 2 rings (SSSR count). The zero-order valence-electron chi connectivity index (χ0n) is 12.0. The molecule has 1 aliphatic rings. The molecule has 1 fully saturated rings. The quantitative estimate of drug-likeness (QED) is 0.883. The van der Waals surface area contributed by atoms with Gasteiger partial charge in [-0.15, -0.1) is 0 Å². The van der Waals surface area contributed by atoms with Crippen LogP contribution >= 0.6 is 0 Å². The maximum absolute atomic E-state index is 12.5. The van der Waals surface area contributed by atoms with Crippen LogP contribution in [0.3, 0.4) is 0 Å². The third-order valence-corrected chi connectivity index (χ3v) is 5.44. The van der Waals surface area contributed by atoms with Crippen molar-refractivity contribution in [3.63, 3.8) is 0 Å². The standard InChI is InChI=1S/C13H19NO6S/c1-9-12(7-11(20-9)13(15)16)21(17,18)14(2)8-10-5-3-4-6-19-10/h7,10H,3-6,8H2,1-2H3,(H,15,16). The van der Waals surface area contributed by atoms with E-state index in [4.69, 9.17) is 14.3 Å². The largest absolute Gasteiger partial charge is 0.475 e. The van der Waals surface area contributed by atoms with Gasteiger partial charge in [0.15, 0.2) is 0 Å². The number of aryl methyl sites for hydroxylation is 1. The maximum Gasteiger partial charge on any atom is 0.371 e. The average molecular weight is 317 g/mol. The third-order valence-electron chi connectivity index (χ3n) is 3.51. The van der Waals surface area contributed by atoms with E-state index in [-0.39, 0.29) is 29.1 Å². The molecule has 1 saturated heterocycles. The molecule has 0 saturated carbocycles. The van der Waals surface area contributed by atoms with Crippen molar-refractivity contribution in [2.24, 2.45) is 0 Å². The Hall–Kier alpha value is -1.38. The summed E-state index contributed by atoms with van der Waals surface area (Å²) in [6, 6.07) is 1.05. The first-order valence-electron chi connectivity index (χ1n) is 6.74. The highest BCUT2D eigenvalue weighted by molar-refractivity contribution is 7.89. The van der Waals surface area contributed by atoms with Crippen LogP contribution in [0.5, 0.6) is 0 Å². The van der Waals surface area contributed by atoms with Gasteiger partial charge < -0.3 is 14.3 Å². The Morgan fingerprint density at radius 2 is 2.19 bits per heavy atom. The molecule has 0 amide bonds. The highest BCUT2D eigenvalue weighted by Gasteiger charge is 2.29. The summed E-state index contributed by atoms with van der Waals surface area (Å²) in [5.74, 6) is -1.60. The minimum atomic E-state index is -3.79. The van der Waals surface area contributed by atoms with Crippen LogP contribution in [0, 0.1) is 6.92 Å². The number of likely N-dealkylation sites (N-methyl/N-ethyl adjacent to an activating group) is 1. The Balaban J connectivity index is 2.18. The molecule has 1 N–H and O–H groups in total. The van der Waals surface area contributed by atoms with Crippen LogP contribution in [-0.4, -0.2) is 50.1 Å². The highest BCUT2D eigenvalue weighted by atomic mass is 32.2. The molecule has 2 heterocycles. The maximum atomic E-state index is 12.5. The van der Waals surface area contributed by atoms with Gasteiger partial charge in [0.1, 0.15) is 10.7 Å². The molecule has 0 radical (unpaired) electrons. The molecule has 0 spiro atoms. The van der Waals surface area contributed by atoms with Crippen molar-refractivity contribution in [1.82, 2.24) is 4.31 Å². The van der Waals surface area contributed by atoms with Gasteiger partial charge in [0, 0.05) is 26.3 Å². The number of nitrogens with zero attached hydrogens (tertiary/aromatic N) is 1. The van der Waals surface area contributed by atoms with Gasteiger partial charge in [-0.25, -0.2) is 13.2 Å². The zero-order chi connectivity index (χ0) is 15.6. The molecular weight excluding hydrogens is 298 g/mol. The second-order valence-corrected chi connectivity index (χ2v) is 7.12. The lowest BCUT2D eigenvalue weighted by Crippen LogP contribution is -2.37. The highest BCUT2D eigenvalue weighted by Crippen LogP contribution is 2.24. The van der Waals surface area contributed by atoms with E-state index in [1.165, 1.54) is 18.3 Å². The number of carboxylic acids is 1. The minimum Gasteiger partial charge on any atom is -0.475 e. The fraction of sp³-hybridized carbons (Fsp3) is 0.615. The van der Waals surface area contributed by atoms with Crippen molar-refractivity contribution in [2.45, 2.75) is 37.2 Å². The summed E-state index contributed by atoms with van der Waals surface area (Å²) in [6.07, 6.45) is 2.72. The second kappa shape index (κ2) is 6.17. The van der Waals surface area contributed by atoms with E-state index >= 15 is 0 Å². The molecule has 8 heteroatoms. The van der Waals surface area contributed by atoms with Crippen LogP contribution in [0.15, 0.2) is 15.4 Å². The van der Waals surface area contributed by atoms with Crippen molar-refractivity contribution in [3.05, 3.63) is 17.6 Å². The van der Waals surface area contributed by atoms with Gasteiger partial charge >= 0.3 is 5.97 Å². The Labute approximate surface area is 123 Å². The van der Waals surface area contributed by atoms with E-state index in [2.05, 4.69) is 0 Å². The zero-order valence-corrected chi connectivity index (χ0v) is 12.9. The summed E-state index contributed by atoms with van der Waals surface area (Å²) in [5, 5.41) is 8.87. The molecular formula is C13H19NO6S. The SMILES string of the molecule is Cc1oc(C(=O)O)cc1S(=O)(=O)N(C)CC1CCCCO1. The van der Waals surface area contributed by atoms with Crippen molar-refractivity contribution in [3.8, 4) is 0 Å². The van der Waals surface area contributed by atoms with E-state index in [0.29, 0.717) is 6.61 Å². The Kier molecular flexibility index (Phi) is 4.70. The van der Waals surface area contributed by atoms with Crippen LogP contribution < -0.4 is 0 Å². The lowest BCUT2D eigenvalue weighted by Gasteiger charge is -2.26. The number of sulfonamides is 1. The van der Waals surface area contributed by atoms with Crippen molar-refractivity contribution < 1.29 is 27.5 Å². The molecule has 0 aromatic carbocycles. The first kappa shape index (κ1) is 16.0. The molecule has 1 atom stereocenters. The van der Waals surface area contributed by atoms with Gasteiger partial charge in [0.25, 0.3) is 0 Å². The summed E-state index contributed by atoms with van der Waals surface area (Å²) in [4.78, 5) is 10.7. The summed E-state index contributed by atoms with van der Waals surface area (Å²) in [5.41, 5.74) is 0. The summed E-state index contributed by atoms with van der Waals surface area (Å²) < 4.78 is 36.6. The lowest BCUT2D eigenvalue weighted by atomic mass is 10.1. The molecule has 7 nitrogen and oxygen atoms in total. The molecule has 1 aliphatic heterocycles. The van der Waals surface area contributed by atoms with Crippen molar-refractivity contribution in [2.75, 3.05) is 20.2 Å². The van der Waals surface area contributed by atoms with Crippen LogP contribution in [0.2, 0.25) is 0 Å². The van der Waals surface area contributed by atoms with Crippen molar-refractivity contribution in [1.29, 1.82) is 0 Å². The number of hydrogen-bond donors (Lipinski definition) is 1. The number of ether oxygens (including phenoxy) is 1. The molecule has 21 heavy (non-hydrogen) atoms.